The maximum atomic E-state index is 14.1. The van der Waals surface area contributed by atoms with Gasteiger partial charge in [0, 0.05) is 11.1 Å². The van der Waals surface area contributed by atoms with E-state index in [2.05, 4.69) is 6.58 Å². The number of halogens is 7. The second-order valence-corrected chi connectivity index (χ2v) is 5.03. The van der Waals surface area contributed by atoms with Crippen LogP contribution in [0.5, 0.6) is 0 Å². The number of allylic oxidation sites excluding steroid dienone is 5. The van der Waals surface area contributed by atoms with Crippen molar-refractivity contribution in [3.05, 3.63) is 58.7 Å². The SMILES string of the molecule is C=C(P)/C(=C(F)\C(F)=C(\F)CF)c1cccc(C(F)(F)F)c1N. The van der Waals surface area contributed by atoms with Crippen LogP contribution in [0.25, 0.3) is 5.57 Å². The Morgan fingerprint density at radius 2 is 1.70 bits per heavy atom. The van der Waals surface area contributed by atoms with Crippen LogP contribution in [0.4, 0.5) is 36.4 Å². The third-order valence-electron chi connectivity index (χ3n) is 2.77. The number of hydrogen-bond acceptors (Lipinski definition) is 1. The molecule has 1 rings (SSSR count). The fourth-order valence-corrected chi connectivity index (χ4v) is 2.03. The Hall–Kier alpha value is -1.82. The number of alkyl halides is 4. The molecule has 0 aromatic heterocycles. The van der Waals surface area contributed by atoms with Crippen molar-refractivity contribution in [2.24, 2.45) is 0 Å². The summed E-state index contributed by atoms with van der Waals surface area (Å²) >= 11 is 0. The fourth-order valence-electron chi connectivity index (χ4n) is 1.75. The van der Waals surface area contributed by atoms with Crippen LogP contribution in [-0.2, 0) is 6.18 Å². The molecule has 0 aliphatic heterocycles. The van der Waals surface area contributed by atoms with E-state index in [0.29, 0.717) is 6.07 Å². The molecular formula is C14H11F7NP. The summed E-state index contributed by atoms with van der Waals surface area (Å²) in [4.78, 5) is 0. The zero-order chi connectivity index (χ0) is 17.9. The Labute approximate surface area is 129 Å². The third kappa shape index (κ3) is 4.13. The molecule has 0 fully saturated rings. The molecule has 0 heterocycles. The van der Waals surface area contributed by atoms with Gasteiger partial charge in [0.1, 0.15) is 6.67 Å². The van der Waals surface area contributed by atoms with Gasteiger partial charge in [-0.15, -0.1) is 9.24 Å². The normalized spacial score (nSPS) is 14.3. The molecule has 1 aromatic carbocycles. The molecule has 2 N–H and O–H groups in total. The van der Waals surface area contributed by atoms with Gasteiger partial charge in [0.2, 0.25) is 0 Å². The minimum Gasteiger partial charge on any atom is -0.398 e. The van der Waals surface area contributed by atoms with E-state index in [-0.39, 0.29) is 5.31 Å². The average Bonchev–Trinajstić information content (AvgIpc) is 2.45. The van der Waals surface area contributed by atoms with Gasteiger partial charge in [0.15, 0.2) is 17.5 Å². The van der Waals surface area contributed by atoms with Crippen molar-refractivity contribution in [2.75, 3.05) is 12.4 Å². The molecule has 1 nitrogen and oxygen atoms in total. The van der Waals surface area contributed by atoms with E-state index in [1.165, 1.54) is 0 Å². The second-order valence-electron chi connectivity index (χ2n) is 4.33. The Morgan fingerprint density at radius 1 is 1.13 bits per heavy atom. The van der Waals surface area contributed by atoms with E-state index in [4.69, 9.17) is 5.73 Å². The van der Waals surface area contributed by atoms with Crippen molar-refractivity contribution in [3.8, 4) is 0 Å². The van der Waals surface area contributed by atoms with Crippen LogP contribution < -0.4 is 5.73 Å². The van der Waals surface area contributed by atoms with Gasteiger partial charge in [-0.05, 0) is 11.4 Å². The molecule has 0 aliphatic carbocycles. The fraction of sp³-hybridized carbons (Fsp3) is 0.143. The summed E-state index contributed by atoms with van der Waals surface area (Å²) in [6.45, 7) is 1.37. The molecule has 1 aromatic rings. The summed E-state index contributed by atoms with van der Waals surface area (Å²) in [5, 5.41) is -0.296. The Morgan fingerprint density at radius 3 is 2.13 bits per heavy atom. The molecule has 0 saturated heterocycles. The maximum absolute atomic E-state index is 14.1. The van der Waals surface area contributed by atoms with Crippen molar-refractivity contribution < 1.29 is 30.7 Å². The minimum absolute atomic E-state index is 0.296. The molecule has 0 amide bonds. The Balaban J connectivity index is 3.72. The number of nitrogen functional groups attached to an aromatic ring is 1. The van der Waals surface area contributed by atoms with Gasteiger partial charge < -0.3 is 5.73 Å². The zero-order valence-corrected chi connectivity index (χ0v) is 12.6. The first kappa shape index (κ1) is 19.2. The van der Waals surface area contributed by atoms with Crippen LogP contribution in [0, 0.1) is 0 Å². The lowest BCUT2D eigenvalue weighted by atomic mass is 9.98. The van der Waals surface area contributed by atoms with Gasteiger partial charge >= 0.3 is 6.18 Å². The first-order chi connectivity index (χ1) is 10.5. The number of para-hydroxylation sites is 1. The predicted molar refractivity (Wildman–Crippen MR) is 78.0 cm³/mol. The molecular weight excluding hydrogens is 346 g/mol. The van der Waals surface area contributed by atoms with Gasteiger partial charge in [-0.3, -0.25) is 0 Å². The maximum Gasteiger partial charge on any atom is 0.418 e. The third-order valence-corrected chi connectivity index (χ3v) is 3.06. The van der Waals surface area contributed by atoms with E-state index in [0.717, 1.165) is 12.1 Å². The monoisotopic (exact) mass is 357 g/mol. The molecule has 0 spiro atoms. The van der Waals surface area contributed by atoms with E-state index in [1.807, 2.05) is 9.24 Å². The molecule has 0 saturated carbocycles. The molecule has 1 unspecified atom stereocenters. The van der Waals surface area contributed by atoms with E-state index < -0.39 is 52.7 Å². The summed E-state index contributed by atoms with van der Waals surface area (Å²) in [6.07, 6.45) is -4.83. The van der Waals surface area contributed by atoms with Crippen LogP contribution in [0.3, 0.4) is 0 Å². The minimum atomic E-state index is -4.83. The van der Waals surface area contributed by atoms with Crippen LogP contribution in [0.2, 0.25) is 0 Å². The van der Waals surface area contributed by atoms with Crippen molar-refractivity contribution in [1.82, 2.24) is 0 Å². The topological polar surface area (TPSA) is 26.0 Å². The van der Waals surface area contributed by atoms with Crippen molar-refractivity contribution in [3.63, 3.8) is 0 Å². The van der Waals surface area contributed by atoms with Gasteiger partial charge in [-0.2, -0.15) is 13.2 Å². The van der Waals surface area contributed by atoms with Gasteiger partial charge in [-0.1, -0.05) is 18.7 Å². The molecule has 126 valence electrons. The molecule has 0 bridgehead atoms. The lowest BCUT2D eigenvalue weighted by Crippen LogP contribution is -2.11. The van der Waals surface area contributed by atoms with Gasteiger partial charge in [-0.25, -0.2) is 17.6 Å². The highest BCUT2D eigenvalue weighted by atomic mass is 31.0. The molecule has 23 heavy (non-hydrogen) atoms. The van der Waals surface area contributed by atoms with E-state index in [1.54, 1.807) is 0 Å². The number of hydrogen-bond donors (Lipinski definition) is 1. The average molecular weight is 357 g/mol. The molecule has 9 heteroatoms. The first-order valence-corrected chi connectivity index (χ1v) is 6.51. The van der Waals surface area contributed by atoms with Crippen LogP contribution in [0.15, 0.2) is 47.6 Å². The van der Waals surface area contributed by atoms with Crippen LogP contribution in [-0.4, -0.2) is 6.67 Å². The quantitative estimate of drug-likeness (QED) is 0.329. The molecule has 1 atom stereocenters. The highest BCUT2D eigenvalue weighted by Crippen LogP contribution is 2.42. The number of anilines is 1. The summed E-state index contributed by atoms with van der Waals surface area (Å²) in [7, 11) is 1.84. The van der Waals surface area contributed by atoms with Crippen molar-refractivity contribution in [1.29, 1.82) is 0 Å². The predicted octanol–water partition coefficient (Wildman–Crippen LogP) is 5.48. The van der Waals surface area contributed by atoms with Gasteiger partial charge in [0.05, 0.1) is 11.3 Å². The number of benzene rings is 1. The zero-order valence-electron chi connectivity index (χ0n) is 11.4. The summed E-state index contributed by atoms with van der Waals surface area (Å²) in [6, 6.07) is 2.55. The first-order valence-electron chi connectivity index (χ1n) is 5.93. The summed E-state index contributed by atoms with van der Waals surface area (Å²) in [5.74, 6) is -6.09. The highest BCUT2D eigenvalue weighted by molar-refractivity contribution is 7.23. The number of rotatable bonds is 4. The largest absolute Gasteiger partial charge is 0.418 e. The Kier molecular flexibility index (Phi) is 5.99. The van der Waals surface area contributed by atoms with Crippen molar-refractivity contribution in [2.45, 2.75) is 6.18 Å². The second kappa shape index (κ2) is 7.17. The highest BCUT2D eigenvalue weighted by Gasteiger charge is 2.34. The lowest BCUT2D eigenvalue weighted by molar-refractivity contribution is -0.136. The smallest absolute Gasteiger partial charge is 0.398 e. The van der Waals surface area contributed by atoms with Crippen LogP contribution in [0.1, 0.15) is 11.1 Å². The number of nitrogens with two attached hydrogens (primary N) is 1. The Bertz CT molecular complexity index is 689. The lowest BCUT2D eigenvalue weighted by Gasteiger charge is -2.16. The summed E-state index contributed by atoms with van der Waals surface area (Å²) < 4.78 is 91.0. The standard InChI is InChI=1S/C14H11F7NP/c1-6(23)10(12(18)11(17)9(16)5-15)7-3-2-4-8(13(7)22)14(19,20)21/h2-4H,1,5,22-23H2/b11-9-,12-10-. The van der Waals surface area contributed by atoms with Crippen LogP contribution >= 0.6 is 9.24 Å². The van der Waals surface area contributed by atoms with Gasteiger partial charge in [0.25, 0.3) is 0 Å². The van der Waals surface area contributed by atoms with E-state index >= 15 is 0 Å². The molecule has 0 aliphatic rings. The molecule has 0 radical (unpaired) electrons. The van der Waals surface area contributed by atoms with Crippen molar-refractivity contribution >= 4 is 20.5 Å². The summed E-state index contributed by atoms with van der Waals surface area (Å²) in [5.41, 5.74) is 1.87. The van der Waals surface area contributed by atoms with E-state index in [9.17, 15) is 30.7 Å².